The van der Waals surface area contributed by atoms with Gasteiger partial charge in [0.25, 0.3) is 0 Å². The van der Waals surface area contributed by atoms with E-state index in [1.807, 2.05) is 0 Å². The summed E-state index contributed by atoms with van der Waals surface area (Å²) >= 11 is 0. The van der Waals surface area contributed by atoms with Crippen molar-refractivity contribution in [1.82, 2.24) is 0 Å². The van der Waals surface area contributed by atoms with Crippen LogP contribution in [0.5, 0.6) is 0 Å². The third-order valence-electron chi connectivity index (χ3n) is 1.92. The molecule has 11 N–H and O–H groups in total. The summed E-state index contributed by atoms with van der Waals surface area (Å²) in [5, 5.41) is 40.1. The van der Waals surface area contributed by atoms with Crippen molar-refractivity contribution in [1.29, 1.82) is 0 Å². The van der Waals surface area contributed by atoms with Gasteiger partial charge in [-0.25, -0.2) is 0 Å². The zero-order valence-electron chi connectivity index (χ0n) is 12.3. The standard InChI is InChI=1S/C5H9NO4.C4H9NO3.C2H5NO2/c6-3(5(9)10)1-2-4(7)8;5-3(1-2-6)4(7)8;3-1-2(4)5/h3H,1-2,6H2,(H,7,8)(H,9,10);3,6H,1-2,5H2,(H,7,8);1,3H2,(H,4,5)/t2*3-;/m00./s1. The van der Waals surface area contributed by atoms with Gasteiger partial charge in [0, 0.05) is 13.0 Å². The summed E-state index contributed by atoms with van der Waals surface area (Å²) < 4.78 is 0. The van der Waals surface area contributed by atoms with E-state index in [2.05, 4.69) is 5.73 Å². The maximum atomic E-state index is 9.99. The van der Waals surface area contributed by atoms with Crippen LogP contribution >= 0.6 is 0 Å². The number of aliphatic hydroxyl groups is 1. The predicted molar refractivity (Wildman–Crippen MR) is 76.5 cm³/mol. The fourth-order valence-corrected chi connectivity index (χ4v) is 0.665. The van der Waals surface area contributed by atoms with Gasteiger partial charge in [0.15, 0.2) is 0 Å². The second-order valence-electron chi connectivity index (χ2n) is 3.93. The van der Waals surface area contributed by atoms with Crippen LogP contribution in [0.4, 0.5) is 0 Å². The van der Waals surface area contributed by atoms with Crippen molar-refractivity contribution in [2.75, 3.05) is 13.2 Å². The molecule has 0 saturated heterocycles. The average Bonchev–Trinajstić information content (AvgIpc) is 2.45. The molecule has 0 aliphatic heterocycles. The predicted octanol–water partition coefficient (Wildman–Crippen LogP) is -2.93. The first-order valence-electron chi connectivity index (χ1n) is 6.20. The molecule has 12 heteroatoms. The van der Waals surface area contributed by atoms with Gasteiger partial charge in [0.1, 0.15) is 12.1 Å². The van der Waals surface area contributed by atoms with Crippen LogP contribution in [0.25, 0.3) is 0 Å². The molecule has 23 heavy (non-hydrogen) atoms. The van der Waals surface area contributed by atoms with Crippen molar-refractivity contribution in [3.8, 4) is 0 Å². The number of carbonyl (C=O) groups is 4. The van der Waals surface area contributed by atoms with Crippen LogP contribution in [0.1, 0.15) is 19.3 Å². The van der Waals surface area contributed by atoms with Gasteiger partial charge in [-0.15, -0.1) is 0 Å². The van der Waals surface area contributed by atoms with Gasteiger partial charge in [0.2, 0.25) is 0 Å². The third-order valence-corrected chi connectivity index (χ3v) is 1.92. The molecule has 0 aromatic carbocycles. The van der Waals surface area contributed by atoms with E-state index in [9.17, 15) is 19.2 Å². The Balaban J connectivity index is -0.000000276. The Labute approximate surface area is 131 Å². The summed E-state index contributed by atoms with van der Waals surface area (Å²) in [6.07, 6.45) is -0.104. The lowest BCUT2D eigenvalue weighted by Crippen LogP contribution is -2.30. The van der Waals surface area contributed by atoms with E-state index in [-0.39, 0.29) is 32.4 Å². The largest absolute Gasteiger partial charge is 0.481 e. The molecule has 0 amide bonds. The van der Waals surface area contributed by atoms with Crippen molar-refractivity contribution < 1.29 is 44.7 Å². The van der Waals surface area contributed by atoms with Crippen molar-refractivity contribution >= 4 is 23.9 Å². The first kappa shape index (κ1) is 25.7. The smallest absolute Gasteiger partial charge is 0.320 e. The zero-order chi connectivity index (χ0) is 19.0. The molecule has 0 radical (unpaired) electrons. The zero-order valence-corrected chi connectivity index (χ0v) is 12.3. The molecule has 2 atom stereocenters. The fraction of sp³-hybridized carbons (Fsp3) is 0.636. The van der Waals surface area contributed by atoms with E-state index in [1.54, 1.807) is 0 Å². The molecule has 0 aliphatic carbocycles. The van der Waals surface area contributed by atoms with Crippen molar-refractivity contribution in [3.05, 3.63) is 0 Å². The number of carboxylic acid groups (broad SMARTS) is 4. The molecule has 0 aliphatic rings. The van der Waals surface area contributed by atoms with E-state index < -0.39 is 36.0 Å². The Bertz CT molecular complexity index is 376. The topological polar surface area (TPSA) is 247 Å². The monoisotopic (exact) mass is 341 g/mol. The van der Waals surface area contributed by atoms with E-state index in [1.165, 1.54) is 0 Å². The van der Waals surface area contributed by atoms with Crippen LogP contribution in [0.15, 0.2) is 0 Å². The summed E-state index contributed by atoms with van der Waals surface area (Å²) in [5.41, 5.74) is 14.5. The minimum absolute atomic E-state index is 0.0231. The molecule has 0 aromatic rings. The second kappa shape index (κ2) is 16.1. The molecule has 0 heterocycles. The normalized spacial score (nSPS) is 11.7. The molecule has 0 spiro atoms. The maximum absolute atomic E-state index is 9.99. The Hall–Kier alpha value is -2.28. The number of rotatable bonds is 8. The molecule has 136 valence electrons. The summed E-state index contributed by atoms with van der Waals surface area (Å²) in [5.74, 6) is -4.23. The average molecular weight is 341 g/mol. The van der Waals surface area contributed by atoms with E-state index in [0.29, 0.717) is 0 Å². The number of aliphatic hydroxyl groups excluding tert-OH is 1. The number of nitrogens with two attached hydrogens (primary N) is 3. The lowest BCUT2D eigenvalue weighted by Gasteiger charge is -2.01. The summed E-state index contributed by atoms with van der Waals surface area (Å²) in [6.45, 7) is -0.451. The van der Waals surface area contributed by atoms with Crippen LogP contribution < -0.4 is 17.2 Å². The molecule has 0 bridgehead atoms. The van der Waals surface area contributed by atoms with Gasteiger partial charge < -0.3 is 42.7 Å². The molecule has 12 nitrogen and oxygen atoms in total. The second-order valence-corrected chi connectivity index (χ2v) is 3.93. The Morgan fingerprint density at radius 1 is 0.783 bits per heavy atom. The lowest BCUT2D eigenvalue weighted by atomic mass is 10.2. The summed E-state index contributed by atoms with van der Waals surface area (Å²) in [7, 11) is 0. The Morgan fingerprint density at radius 2 is 1.13 bits per heavy atom. The Kier molecular flexibility index (Phi) is 18.0. The first-order valence-corrected chi connectivity index (χ1v) is 6.20. The molecule has 0 saturated carbocycles. The minimum atomic E-state index is -1.17. The van der Waals surface area contributed by atoms with Gasteiger partial charge in [-0.2, -0.15) is 0 Å². The molecule has 0 fully saturated rings. The number of hydrogen-bond donors (Lipinski definition) is 8. The number of hydrogen-bond acceptors (Lipinski definition) is 8. The van der Waals surface area contributed by atoms with Gasteiger partial charge in [-0.1, -0.05) is 0 Å². The molecular weight excluding hydrogens is 318 g/mol. The summed E-state index contributed by atoms with van der Waals surface area (Å²) in [6, 6.07) is -1.98. The van der Waals surface area contributed by atoms with Crippen LogP contribution in [-0.4, -0.2) is 74.6 Å². The fourth-order valence-electron chi connectivity index (χ4n) is 0.665. The Morgan fingerprint density at radius 3 is 1.30 bits per heavy atom. The maximum Gasteiger partial charge on any atom is 0.320 e. The highest BCUT2D eigenvalue weighted by Gasteiger charge is 2.12. The van der Waals surface area contributed by atoms with Crippen molar-refractivity contribution in [2.45, 2.75) is 31.3 Å². The van der Waals surface area contributed by atoms with Crippen LogP contribution in [0, 0.1) is 0 Å². The highest BCUT2D eigenvalue weighted by atomic mass is 16.4. The van der Waals surface area contributed by atoms with Crippen molar-refractivity contribution in [2.24, 2.45) is 17.2 Å². The number of carboxylic acids is 4. The highest BCUT2D eigenvalue weighted by molar-refractivity contribution is 5.74. The SMILES string of the molecule is NCC(=O)O.N[C@@H](CCC(=O)O)C(=O)O.N[C@@H](CCO)C(=O)O. The molecule has 0 aromatic heterocycles. The highest BCUT2D eigenvalue weighted by Crippen LogP contribution is 1.93. The van der Waals surface area contributed by atoms with E-state index in [0.717, 1.165) is 0 Å². The third kappa shape index (κ3) is 25.1. The van der Waals surface area contributed by atoms with Crippen LogP contribution in [0.2, 0.25) is 0 Å². The summed E-state index contributed by atoms with van der Waals surface area (Å²) in [4.78, 5) is 39.0. The molecule has 0 rings (SSSR count). The first-order chi connectivity index (χ1) is 10.5. The molecule has 0 unspecified atom stereocenters. The molecular formula is C11H23N3O9. The quantitative estimate of drug-likeness (QED) is 0.221. The van der Waals surface area contributed by atoms with Gasteiger partial charge in [-0.05, 0) is 12.8 Å². The van der Waals surface area contributed by atoms with Crippen molar-refractivity contribution in [3.63, 3.8) is 0 Å². The van der Waals surface area contributed by atoms with Crippen LogP contribution in [-0.2, 0) is 19.2 Å². The minimum Gasteiger partial charge on any atom is -0.481 e. The van der Waals surface area contributed by atoms with Crippen LogP contribution in [0.3, 0.4) is 0 Å². The van der Waals surface area contributed by atoms with Gasteiger partial charge >= 0.3 is 23.9 Å². The lowest BCUT2D eigenvalue weighted by molar-refractivity contribution is -0.140. The van der Waals surface area contributed by atoms with Gasteiger partial charge in [0.05, 0.1) is 6.54 Å². The van der Waals surface area contributed by atoms with E-state index in [4.69, 9.17) is 37.0 Å². The van der Waals surface area contributed by atoms with Gasteiger partial charge in [-0.3, -0.25) is 19.2 Å². The number of aliphatic carboxylic acids is 4. The van der Waals surface area contributed by atoms with E-state index >= 15 is 0 Å².